The van der Waals surface area contributed by atoms with E-state index < -0.39 is 80.5 Å². The fourth-order valence-corrected chi connectivity index (χ4v) is 2.74. The summed E-state index contributed by atoms with van der Waals surface area (Å²) in [6.45, 7) is -1.37. The van der Waals surface area contributed by atoms with Crippen LogP contribution in [0.3, 0.4) is 0 Å². The molecule has 0 aliphatic carbocycles. The maximum atomic E-state index is 12.0. The van der Waals surface area contributed by atoms with E-state index in [0.717, 1.165) is 0 Å². The van der Waals surface area contributed by atoms with Crippen LogP contribution < -0.4 is 10.6 Å². The van der Waals surface area contributed by atoms with Gasteiger partial charge in [-0.1, -0.05) is 0 Å². The fourth-order valence-electron chi connectivity index (χ4n) is 2.74. The highest BCUT2D eigenvalue weighted by atomic mass is 16.6. The molecule has 0 saturated carbocycles. The molecule has 0 spiro atoms. The molecule has 1 unspecified atom stereocenters. The van der Waals surface area contributed by atoms with E-state index in [4.69, 9.17) is 19.7 Å². The van der Waals surface area contributed by atoms with Crippen molar-refractivity contribution in [1.29, 1.82) is 0 Å². The summed E-state index contributed by atoms with van der Waals surface area (Å²) in [5.41, 5.74) is 0. The van der Waals surface area contributed by atoms with Gasteiger partial charge in [0.2, 0.25) is 0 Å². The van der Waals surface area contributed by atoms with Crippen molar-refractivity contribution in [1.82, 2.24) is 10.6 Å². The van der Waals surface area contributed by atoms with Gasteiger partial charge in [-0.15, -0.1) is 0 Å². The summed E-state index contributed by atoms with van der Waals surface area (Å²) in [7, 11) is 0. The highest BCUT2D eigenvalue weighted by Gasteiger charge is 2.46. The van der Waals surface area contributed by atoms with Gasteiger partial charge in [0.1, 0.15) is 48.8 Å². The standard InChI is InChI=1S/C13H24N2O11/c16-1-3-5(18)7(20)9(22)11(25-3)14-13(24)15-12-10(23)8(21)6(19)4(2-17)26-12/h3-12,16-23H,1-2H2,(H2,14,15,24)/t3-,4+,5-,6+,7+,8-,9-,10+,11-,12?/m1/s1. The van der Waals surface area contributed by atoms with Gasteiger partial charge in [0.05, 0.1) is 13.2 Å². The highest BCUT2D eigenvalue weighted by Crippen LogP contribution is 2.21. The van der Waals surface area contributed by atoms with E-state index in [9.17, 15) is 35.4 Å². The van der Waals surface area contributed by atoms with Gasteiger partial charge in [0.15, 0.2) is 12.5 Å². The third-order valence-electron chi connectivity index (χ3n) is 4.33. The summed E-state index contributed by atoms with van der Waals surface area (Å²) in [6.07, 6.45) is -15.5. The second-order valence-electron chi connectivity index (χ2n) is 6.12. The largest absolute Gasteiger partial charge is 0.394 e. The van der Waals surface area contributed by atoms with Crippen molar-refractivity contribution in [3.8, 4) is 0 Å². The minimum Gasteiger partial charge on any atom is -0.394 e. The molecule has 2 rings (SSSR count). The third-order valence-corrected chi connectivity index (χ3v) is 4.33. The number of carbonyl (C=O) groups is 1. The van der Waals surface area contributed by atoms with Crippen LogP contribution in [0.25, 0.3) is 0 Å². The van der Waals surface area contributed by atoms with E-state index >= 15 is 0 Å². The molecule has 13 heteroatoms. The first-order chi connectivity index (χ1) is 12.2. The van der Waals surface area contributed by atoms with Gasteiger partial charge in [-0.2, -0.15) is 0 Å². The van der Waals surface area contributed by atoms with Crippen LogP contribution in [0.4, 0.5) is 4.79 Å². The second kappa shape index (κ2) is 8.71. The predicted octanol–water partition coefficient (Wildman–Crippen LogP) is -6.11. The van der Waals surface area contributed by atoms with Crippen LogP contribution in [-0.2, 0) is 9.47 Å². The Morgan fingerprint density at radius 1 is 0.654 bits per heavy atom. The molecule has 2 aliphatic heterocycles. The molecule has 2 heterocycles. The maximum Gasteiger partial charge on any atom is 0.318 e. The van der Waals surface area contributed by atoms with E-state index in [1.807, 2.05) is 0 Å². The number of carbonyl (C=O) groups excluding carboxylic acids is 1. The fraction of sp³-hybridized carbons (Fsp3) is 0.923. The number of urea groups is 1. The summed E-state index contributed by atoms with van der Waals surface area (Å²) in [4.78, 5) is 12.0. The average molecular weight is 384 g/mol. The number of aliphatic hydroxyl groups excluding tert-OH is 8. The van der Waals surface area contributed by atoms with E-state index in [-0.39, 0.29) is 0 Å². The van der Waals surface area contributed by atoms with Crippen LogP contribution in [0.15, 0.2) is 0 Å². The zero-order chi connectivity index (χ0) is 19.6. The minimum absolute atomic E-state index is 0.683. The molecule has 2 saturated heterocycles. The lowest BCUT2D eigenvalue weighted by Gasteiger charge is -2.41. The Labute approximate surface area is 147 Å². The van der Waals surface area contributed by atoms with Gasteiger partial charge < -0.3 is 61.0 Å². The Morgan fingerprint density at radius 2 is 1.00 bits per heavy atom. The molecule has 10 atom stereocenters. The third kappa shape index (κ3) is 4.23. The molecule has 0 aromatic heterocycles. The summed E-state index contributed by atoms with van der Waals surface area (Å²) in [6, 6.07) is -1.06. The first-order valence-corrected chi connectivity index (χ1v) is 7.89. The number of amides is 2. The average Bonchev–Trinajstić information content (AvgIpc) is 2.62. The number of nitrogens with one attached hydrogen (secondary N) is 2. The van der Waals surface area contributed by atoms with Crippen LogP contribution in [0.1, 0.15) is 0 Å². The molecule has 2 aliphatic rings. The van der Waals surface area contributed by atoms with Gasteiger partial charge in [-0.25, -0.2) is 4.79 Å². The number of ether oxygens (including phenoxy) is 2. The van der Waals surface area contributed by atoms with Crippen molar-refractivity contribution >= 4 is 6.03 Å². The lowest BCUT2D eigenvalue weighted by Crippen LogP contribution is -2.67. The van der Waals surface area contributed by atoms with Crippen LogP contribution >= 0.6 is 0 Å². The zero-order valence-corrected chi connectivity index (χ0v) is 13.5. The SMILES string of the molecule is O=C(NC1O[C@@H](CO)[C@H](O)[C@@H](O)[C@@H]1O)N[C@@H]1O[C@H](CO)[C@@H](O)[C@H](O)[C@H]1O. The molecule has 13 nitrogen and oxygen atoms in total. The normalized spacial score (nSPS) is 46.6. The Kier molecular flexibility index (Phi) is 7.09. The van der Waals surface area contributed by atoms with Gasteiger partial charge in [-0.3, -0.25) is 0 Å². The van der Waals surface area contributed by atoms with E-state index in [2.05, 4.69) is 10.6 Å². The monoisotopic (exact) mass is 384 g/mol. The van der Waals surface area contributed by atoms with Crippen molar-refractivity contribution in [3.63, 3.8) is 0 Å². The van der Waals surface area contributed by atoms with Crippen LogP contribution in [0, 0.1) is 0 Å². The molecular formula is C13H24N2O11. The van der Waals surface area contributed by atoms with Crippen LogP contribution in [-0.4, -0.2) is 121 Å². The van der Waals surface area contributed by atoms with Gasteiger partial charge in [0, 0.05) is 0 Å². The maximum absolute atomic E-state index is 12.0. The highest BCUT2D eigenvalue weighted by molar-refractivity contribution is 5.74. The first kappa shape index (κ1) is 21.2. The molecule has 26 heavy (non-hydrogen) atoms. The number of rotatable bonds is 4. The Bertz CT molecular complexity index is 439. The van der Waals surface area contributed by atoms with Crippen LogP contribution in [0.5, 0.6) is 0 Å². The Morgan fingerprint density at radius 3 is 1.31 bits per heavy atom. The quantitative estimate of drug-likeness (QED) is 0.220. The molecule has 0 radical (unpaired) electrons. The molecule has 0 aromatic carbocycles. The minimum atomic E-state index is -1.71. The smallest absolute Gasteiger partial charge is 0.318 e. The lowest BCUT2D eigenvalue weighted by atomic mass is 9.98. The van der Waals surface area contributed by atoms with E-state index in [1.165, 1.54) is 0 Å². The van der Waals surface area contributed by atoms with E-state index in [0.29, 0.717) is 0 Å². The van der Waals surface area contributed by atoms with Crippen molar-refractivity contribution in [3.05, 3.63) is 0 Å². The van der Waals surface area contributed by atoms with Gasteiger partial charge in [0.25, 0.3) is 0 Å². The summed E-state index contributed by atoms with van der Waals surface area (Å²) in [5, 5.41) is 80.7. The molecule has 0 bridgehead atoms. The molecule has 2 amide bonds. The number of hydrogen-bond acceptors (Lipinski definition) is 11. The van der Waals surface area contributed by atoms with Crippen molar-refractivity contribution < 1.29 is 55.1 Å². The summed E-state index contributed by atoms with van der Waals surface area (Å²) >= 11 is 0. The predicted molar refractivity (Wildman–Crippen MR) is 79.2 cm³/mol. The number of aliphatic hydroxyl groups is 8. The van der Waals surface area contributed by atoms with Crippen molar-refractivity contribution in [2.24, 2.45) is 0 Å². The Hall–Kier alpha value is -1.13. The molecule has 0 aromatic rings. The van der Waals surface area contributed by atoms with E-state index in [1.54, 1.807) is 0 Å². The topological polar surface area (TPSA) is 221 Å². The zero-order valence-electron chi connectivity index (χ0n) is 13.5. The first-order valence-electron chi connectivity index (χ1n) is 7.89. The lowest BCUT2D eigenvalue weighted by molar-refractivity contribution is -0.237. The molecular weight excluding hydrogens is 360 g/mol. The Balaban J connectivity index is 1.97. The molecule has 2 fully saturated rings. The number of hydrogen-bond donors (Lipinski definition) is 10. The van der Waals surface area contributed by atoms with Gasteiger partial charge >= 0.3 is 6.03 Å². The summed E-state index contributed by atoms with van der Waals surface area (Å²) in [5.74, 6) is 0. The van der Waals surface area contributed by atoms with Crippen molar-refractivity contribution in [2.45, 2.75) is 61.3 Å². The summed E-state index contributed by atoms with van der Waals surface area (Å²) < 4.78 is 10.2. The second-order valence-corrected chi connectivity index (χ2v) is 6.12. The van der Waals surface area contributed by atoms with Crippen LogP contribution in [0.2, 0.25) is 0 Å². The van der Waals surface area contributed by atoms with Gasteiger partial charge in [-0.05, 0) is 0 Å². The molecule has 152 valence electrons. The molecule has 10 N–H and O–H groups in total. The van der Waals surface area contributed by atoms with Crippen molar-refractivity contribution in [2.75, 3.05) is 13.2 Å².